The molecule has 0 aromatic heterocycles. The van der Waals surface area contributed by atoms with Crippen LogP contribution in [0.4, 0.5) is 0 Å². The van der Waals surface area contributed by atoms with Gasteiger partial charge in [0.2, 0.25) is 0 Å². The molecular formula is C10H11N3O2. The highest BCUT2D eigenvalue weighted by Gasteiger charge is 2.26. The summed E-state index contributed by atoms with van der Waals surface area (Å²) in [6.07, 6.45) is 0. The normalized spacial score (nSPS) is 19.7. The van der Waals surface area contributed by atoms with Crippen LogP contribution in [0.5, 0.6) is 5.75 Å². The van der Waals surface area contributed by atoms with Gasteiger partial charge in [0.15, 0.2) is 12.0 Å². The number of hydrogen-bond acceptors (Lipinski definition) is 4. The molecule has 5 nitrogen and oxygen atoms in total. The van der Waals surface area contributed by atoms with Crippen molar-refractivity contribution in [1.82, 2.24) is 5.32 Å². The summed E-state index contributed by atoms with van der Waals surface area (Å²) in [6.45, 7) is 0. The molecule has 1 heterocycles. The van der Waals surface area contributed by atoms with Crippen molar-refractivity contribution in [3.8, 4) is 5.75 Å². The molecule has 5 heteroatoms. The minimum Gasteiger partial charge on any atom is -0.497 e. The third-order valence-corrected chi connectivity index (χ3v) is 2.18. The molecular weight excluding hydrogens is 194 g/mol. The fourth-order valence-electron chi connectivity index (χ4n) is 1.46. The fourth-order valence-corrected chi connectivity index (χ4v) is 1.46. The van der Waals surface area contributed by atoms with E-state index in [2.05, 4.69) is 10.3 Å². The molecule has 1 aliphatic rings. The first kappa shape index (κ1) is 9.51. The number of carbonyl (C=O) groups is 1. The SMILES string of the molecule is COc1cccc(C2N=C(N)NC2=O)c1. The van der Waals surface area contributed by atoms with Gasteiger partial charge in [-0.05, 0) is 17.7 Å². The zero-order valence-electron chi connectivity index (χ0n) is 8.23. The summed E-state index contributed by atoms with van der Waals surface area (Å²) in [4.78, 5) is 15.4. The van der Waals surface area contributed by atoms with Crippen molar-refractivity contribution >= 4 is 11.9 Å². The number of carbonyl (C=O) groups excluding carboxylic acids is 1. The van der Waals surface area contributed by atoms with Gasteiger partial charge in [0.1, 0.15) is 5.75 Å². The van der Waals surface area contributed by atoms with Gasteiger partial charge in [-0.3, -0.25) is 10.1 Å². The number of guanidine groups is 1. The molecule has 0 radical (unpaired) electrons. The maximum Gasteiger partial charge on any atom is 0.256 e. The van der Waals surface area contributed by atoms with Crippen LogP contribution >= 0.6 is 0 Å². The van der Waals surface area contributed by atoms with E-state index in [0.717, 1.165) is 5.56 Å². The number of methoxy groups -OCH3 is 1. The first-order valence-corrected chi connectivity index (χ1v) is 4.49. The second-order valence-electron chi connectivity index (χ2n) is 3.18. The molecule has 78 valence electrons. The fraction of sp³-hybridized carbons (Fsp3) is 0.200. The summed E-state index contributed by atoms with van der Waals surface area (Å²) in [6, 6.07) is 6.65. The van der Waals surface area contributed by atoms with E-state index in [1.54, 1.807) is 13.2 Å². The predicted octanol–water partition coefficient (Wildman–Crippen LogP) is 0.181. The van der Waals surface area contributed by atoms with Crippen LogP contribution in [0.1, 0.15) is 11.6 Å². The lowest BCUT2D eigenvalue weighted by Crippen LogP contribution is -2.31. The van der Waals surface area contributed by atoms with Crippen molar-refractivity contribution in [3.05, 3.63) is 29.8 Å². The number of aliphatic imine (C=N–C) groups is 1. The lowest BCUT2D eigenvalue weighted by Gasteiger charge is -2.06. The van der Waals surface area contributed by atoms with Crippen LogP contribution in [-0.2, 0) is 4.79 Å². The van der Waals surface area contributed by atoms with Crippen molar-refractivity contribution in [2.24, 2.45) is 10.7 Å². The van der Waals surface area contributed by atoms with Crippen LogP contribution in [0, 0.1) is 0 Å². The van der Waals surface area contributed by atoms with Crippen molar-refractivity contribution in [2.75, 3.05) is 7.11 Å². The summed E-state index contributed by atoms with van der Waals surface area (Å²) < 4.78 is 5.07. The van der Waals surface area contributed by atoms with E-state index in [0.29, 0.717) is 5.75 Å². The Morgan fingerprint density at radius 2 is 2.33 bits per heavy atom. The van der Waals surface area contributed by atoms with Gasteiger partial charge in [-0.2, -0.15) is 0 Å². The average Bonchev–Trinajstić information content (AvgIpc) is 2.58. The van der Waals surface area contributed by atoms with Crippen LogP contribution in [0.25, 0.3) is 0 Å². The van der Waals surface area contributed by atoms with E-state index in [4.69, 9.17) is 10.5 Å². The lowest BCUT2D eigenvalue weighted by atomic mass is 10.1. The molecule has 0 saturated heterocycles. The molecule has 1 aliphatic heterocycles. The number of nitrogens with one attached hydrogen (secondary N) is 1. The lowest BCUT2D eigenvalue weighted by molar-refractivity contribution is -0.120. The minimum absolute atomic E-state index is 0.160. The Kier molecular flexibility index (Phi) is 2.29. The monoisotopic (exact) mass is 205 g/mol. The molecule has 0 aliphatic carbocycles. The molecule has 1 amide bonds. The number of nitrogens with zero attached hydrogens (tertiary/aromatic N) is 1. The second-order valence-corrected chi connectivity index (χ2v) is 3.18. The van der Waals surface area contributed by atoms with Crippen LogP contribution in [0.3, 0.4) is 0 Å². The molecule has 1 aromatic rings. The van der Waals surface area contributed by atoms with Gasteiger partial charge in [0.05, 0.1) is 7.11 Å². The Bertz CT molecular complexity index is 428. The third kappa shape index (κ3) is 1.76. The topological polar surface area (TPSA) is 76.7 Å². The number of nitrogens with two attached hydrogens (primary N) is 1. The summed E-state index contributed by atoms with van der Waals surface area (Å²) in [5.41, 5.74) is 6.18. The second kappa shape index (κ2) is 3.61. The number of ether oxygens (including phenoxy) is 1. The summed E-state index contributed by atoms with van der Waals surface area (Å²) in [5.74, 6) is 0.648. The van der Waals surface area contributed by atoms with Gasteiger partial charge in [0.25, 0.3) is 5.91 Å². The van der Waals surface area contributed by atoms with E-state index >= 15 is 0 Å². The molecule has 1 aromatic carbocycles. The van der Waals surface area contributed by atoms with Crippen LogP contribution < -0.4 is 15.8 Å². The van der Waals surface area contributed by atoms with E-state index in [9.17, 15) is 4.79 Å². The first-order chi connectivity index (χ1) is 7.20. The maximum absolute atomic E-state index is 11.4. The highest BCUT2D eigenvalue weighted by atomic mass is 16.5. The Balaban J connectivity index is 2.33. The van der Waals surface area contributed by atoms with E-state index in [1.165, 1.54) is 0 Å². The Morgan fingerprint density at radius 1 is 1.53 bits per heavy atom. The summed E-state index contributed by atoms with van der Waals surface area (Å²) >= 11 is 0. The van der Waals surface area contributed by atoms with Gasteiger partial charge in [0, 0.05) is 0 Å². The molecule has 0 spiro atoms. The molecule has 0 fully saturated rings. The number of rotatable bonds is 2. The zero-order chi connectivity index (χ0) is 10.8. The highest BCUT2D eigenvalue weighted by molar-refractivity contribution is 6.04. The molecule has 15 heavy (non-hydrogen) atoms. The van der Waals surface area contributed by atoms with Gasteiger partial charge in [-0.15, -0.1) is 0 Å². The molecule has 1 atom stereocenters. The summed E-state index contributed by atoms with van der Waals surface area (Å²) in [7, 11) is 1.57. The van der Waals surface area contributed by atoms with Crippen LogP contribution in [-0.4, -0.2) is 19.0 Å². The van der Waals surface area contributed by atoms with Crippen molar-refractivity contribution < 1.29 is 9.53 Å². The number of amides is 1. The molecule has 2 rings (SSSR count). The third-order valence-electron chi connectivity index (χ3n) is 2.18. The maximum atomic E-state index is 11.4. The quantitative estimate of drug-likeness (QED) is 0.723. The van der Waals surface area contributed by atoms with Crippen molar-refractivity contribution in [3.63, 3.8) is 0 Å². The number of hydrogen-bond donors (Lipinski definition) is 2. The molecule has 3 N–H and O–H groups in total. The van der Waals surface area contributed by atoms with Gasteiger partial charge < -0.3 is 10.5 Å². The first-order valence-electron chi connectivity index (χ1n) is 4.49. The van der Waals surface area contributed by atoms with Crippen molar-refractivity contribution in [1.29, 1.82) is 0 Å². The van der Waals surface area contributed by atoms with Gasteiger partial charge in [-0.25, -0.2) is 4.99 Å². The van der Waals surface area contributed by atoms with E-state index in [-0.39, 0.29) is 11.9 Å². The predicted molar refractivity (Wildman–Crippen MR) is 55.5 cm³/mol. The Morgan fingerprint density at radius 3 is 2.93 bits per heavy atom. The van der Waals surface area contributed by atoms with E-state index < -0.39 is 6.04 Å². The standard InChI is InChI=1S/C10H11N3O2/c1-15-7-4-2-3-6(5-7)8-9(14)13-10(11)12-8/h2-5,8H,1H3,(H3,11,12,13,14). The van der Waals surface area contributed by atoms with Crippen LogP contribution in [0.15, 0.2) is 29.3 Å². The van der Waals surface area contributed by atoms with Crippen molar-refractivity contribution in [2.45, 2.75) is 6.04 Å². The van der Waals surface area contributed by atoms with E-state index in [1.807, 2.05) is 18.2 Å². The molecule has 1 unspecified atom stereocenters. The Hall–Kier alpha value is -2.04. The summed E-state index contributed by atoms with van der Waals surface area (Å²) in [5, 5.41) is 2.45. The largest absolute Gasteiger partial charge is 0.497 e. The molecule has 0 bridgehead atoms. The highest BCUT2D eigenvalue weighted by Crippen LogP contribution is 2.24. The van der Waals surface area contributed by atoms with Gasteiger partial charge >= 0.3 is 0 Å². The Labute approximate surface area is 86.9 Å². The molecule has 0 saturated carbocycles. The average molecular weight is 205 g/mol. The minimum atomic E-state index is -0.555. The number of benzene rings is 1. The zero-order valence-corrected chi connectivity index (χ0v) is 8.23. The smallest absolute Gasteiger partial charge is 0.256 e. The van der Waals surface area contributed by atoms with Crippen LogP contribution in [0.2, 0.25) is 0 Å². The van der Waals surface area contributed by atoms with Gasteiger partial charge in [-0.1, -0.05) is 12.1 Å².